The van der Waals surface area contributed by atoms with Gasteiger partial charge in [-0.3, -0.25) is 14.4 Å². The van der Waals surface area contributed by atoms with Crippen molar-refractivity contribution in [1.82, 2.24) is 0 Å². The lowest BCUT2D eigenvalue weighted by Crippen LogP contribution is -2.43. The number of hydrogen-bond acceptors (Lipinski definition) is 5. The molecule has 28 heavy (non-hydrogen) atoms. The van der Waals surface area contributed by atoms with Crippen LogP contribution in [0, 0.1) is 17.8 Å². The number of para-hydroxylation sites is 4. The number of terminal acetylenes is 1. The van der Waals surface area contributed by atoms with Crippen LogP contribution in [0.25, 0.3) is 0 Å². The van der Waals surface area contributed by atoms with Crippen LogP contribution in [0.5, 0.6) is 0 Å². The summed E-state index contributed by atoms with van der Waals surface area (Å²) in [6.45, 7) is 1.32. The van der Waals surface area contributed by atoms with E-state index in [9.17, 15) is 19.5 Å². The molecule has 3 rings (SSSR count). The minimum Gasteiger partial charge on any atom is -0.366 e. The highest BCUT2D eigenvalue weighted by Gasteiger charge is 2.40. The van der Waals surface area contributed by atoms with E-state index in [0.717, 1.165) is 0 Å². The van der Waals surface area contributed by atoms with Crippen molar-refractivity contribution in [3.8, 4) is 12.3 Å². The van der Waals surface area contributed by atoms with Gasteiger partial charge in [0.1, 0.15) is 0 Å². The average Bonchev–Trinajstić information content (AvgIpc) is 2.69. The highest BCUT2D eigenvalue weighted by atomic mass is 16.3. The van der Waals surface area contributed by atoms with Crippen molar-refractivity contribution in [2.24, 2.45) is 5.41 Å². The highest BCUT2D eigenvalue weighted by Crippen LogP contribution is 2.29. The van der Waals surface area contributed by atoms with E-state index in [1.54, 1.807) is 42.5 Å². The molecule has 5 N–H and O–H groups in total. The van der Waals surface area contributed by atoms with Gasteiger partial charge in [-0.1, -0.05) is 30.2 Å². The topological polar surface area (TPSA) is 120 Å². The lowest BCUT2D eigenvalue weighted by atomic mass is 9.89. The third-order valence-corrected chi connectivity index (χ3v) is 4.35. The van der Waals surface area contributed by atoms with E-state index in [0.29, 0.717) is 0 Å². The molecule has 2 atom stereocenters. The molecule has 0 fully saturated rings. The molecule has 2 aromatic carbocycles. The molecular formula is C20H18N4O4. The van der Waals surface area contributed by atoms with Gasteiger partial charge < -0.3 is 26.4 Å². The van der Waals surface area contributed by atoms with Crippen molar-refractivity contribution in [2.75, 3.05) is 21.3 Å². The van der Waals surface area contributed by atoms with Crippen LogP contribution >= 0.6 is 0 Å². The summed E-state index contributed by atoms with van der Waals surface area (Å²) in [5.74, 6) is 0.0310. The fourth-order valence-electron chi connectivity index (χ4n) is 2.56. The maximum absolute atomic E-state index is 12.8. The van der Waals surface area contributed by atoms with Crippen LogP contribution in [-0.4, -0.2) is 29.1 Å². The van der Waals surface area contributed by atoms with Crippen molar-refractivity contribution in [3.05, 3.63) is 48.5 Å². The predicted molar refractivity (Wildman–Crippen MR) is 105 cm³/mol. The first kappa shape index (κ1) is 18.9. The smallest absolute Gasteiger partial charge is 0.274 e. The number of hydrogen-bond donors (Lipinski definition) is 5. The average molecular weight is 378 g/mol. The molecule has 0 aromatic heterocycles. The molecule has 142 valence electrons. The van der Waals surface area contributed by atoms with Gasteiger partial charge in [0.25, 0.3) is 17.7 Å². The van der Waals surface area contributed by atoms with Gasteiger partial charge in [-0.05, 0) is 31.2 Å². The number of fused-ring (bicyclic) bond motifs is 2. The molecule has 8 heteroatoms. The number of carbonyl (C=O) groups is 3. The summed E-state index contributed by atoms with van der Waals surface area (Å²) in [7, 11) is 0. The van der Waals surface area contributed by atoms with Crippen LogP contribution in [0.3, 0.4) is 0 Å². The van der Waals surface area contributed by atoms with Crippen LogP contribution in [0.4, 0.5) is 22.7 Å². The predicted octanol–water partition coefficient (Wildman–Crippen LogP) is 1.59. The summed E-state index contributed by atoms with van der Waals surface area (Å²) >= 11 is 0. The number of aliphatic hydroxyl groups is 1. The number of anilines is 4. The summed E-state index contributed by atoms with van der Waals surface area (Å²) in [5.41, 5.74) is -0.805. The van der Waals surface area contributed by atoms with Gasteiger partial charge in [0.2, 0.25) is 6.23 Å². The molecule has 0 saturated heterocycles. The Morgan fingerprint density at radius 2 is 1.29 bits per heavy atom. The summed E-state index contributed by atoms with van der Waals surface area (Å²) in [5, 5.41) is 20.5. The van der Waals surface area contributed by atoms with E-state index in [4.69, 9.17) is 6.42 Å². The molecule has 8 nitrogen and oxygen atoms in total. The van der Waals surface area contributed by atoms with Gasteiger partial charge in [-0.2, -0.15) is 0 Å². The maximum Gasteiger partial charge on any atom is 0.274 e. The molecule has 1 aliphatic heterocycles. The van der Waals surface area contributed by atoms with Crippen LogP contribution < -0.4 is 21.3 Å². The number of amides is 3. The molecule has 0 aliphatic carbocycles. The van der Waals surface area contributed by atoms with Crippen molar-refractivity contribution in [2.45, 2.75) is 13.2 Å². The molecule has 3 amide bonds. The summed E-state index contributed by atoms with van der Waals surface area (Å²) in [4.78, 5) is 38.0. The fraction of sp³-hybridized carbons (Fsp3) is 0.150. The van der Waals surface area contributed by atoms with E-state index in [1.807, 2.05) is 0 Å². The van der Waals surface area contributed by atoms with Gasteiger partial charge in [0, 0.05) is 0 Å². The molecule has 1 aliphatic rings. The first-order valence-corrected chi connectivity index (χ1v) is 8.39. The Balaban J connectivity index is 2.11. The van der Waals surface area contributed by atoms with E-state index >= 15 is 0 Å². The minimum atomic E-state index is -1.82. The largest absolute Gasteiger partial charge is 0.366 e. The fourth-order valence-corrected chi connectivity index (χ4v) is 2.56. The standard InChI is InChI=1S/C20H18N4O4/c1-3-20(2)18(27)23-14-10-6-4-8-12(14)21-16(25)17(26)22-13-9-5-7-11-15(13)24-19(20)28/h1,4-11,16,21,25H,2H3,(H,22,26)(H,23,27)(H,24,28)/t16?,20-/m0/s1. The van der Waals surface area contributed by atoms with Gasteiger partial charge in [-0.25, -0.2) is 0 Å². The third-order valence-electron chi connectivity index (χ3n) is 4.35. The van der Waals surface area contributed by atoms with Gasteiger partial charge in [0.15, 0.2) is 5.41 Å². The van der Waals surface area contributed by atoms with Crippen molar-refractivity contribution < 1.29 is 19.5 Å². The second-order valence-electron chi connectivity index (χ2n) is 6.30. The molecule has 2 aromatic rings. The molecule has 1 unspecified atom stereocenters. The number of nitrogens with one attached hydrogen (secondary N) is 4. The number of carbonyl (C=O) groups excluding carboxylic acids is 3. The zero-order valence-corrected chi connectivity index (χ0v) is 14.9. The van der Waals surface area contributed by atoms with Crippen LogP contribution in [0.2, 0.25) is 0 Å². The lowest BCUT2D eigenvalue weighted by Gasteiger charge is -2.23. The molecule has 0 radical (unpaired) electrons. The summed E-state index contributed by atoms with van der Waals surface area (Å²) in [6.07, 6.45) is 3.91. The SMILES string of the molecule is C#C[C@]1(C)C(=O)Nc2ccccc2NC(=O)C(O)Nc2ccccc2NC1=O. The van der Waals surface area contributed by atoms with Gasteiger partial charge in [-0.15, -0.1) is 6.42 Å². The maximum atomic E-state index is 12.8. The van der Waals surface area contributed by atoms with Crippen molar-refractivity contribution in [3.63, 3.8) is 0 Å². The van der Waals surface area contributed by atoms with Crippen LogP contribution in [0.1, 0.15) is 6.92 Å². The summed E-state index contributed by atoms with van der Waals surface area (Å²) < 4.78 is 0. The zero-order chi connectivity index (χ0) is 20.3. The Morgan fingerprint density at radius 1 is 0.857 bits per heavy atom. The Hall–Kier alpha value is -3.83. The van der Waals surface area contributed by atoms with E-state index in [1.165, 1.54) is 13.0 Å². The van der Waals surface area contributed by atoms with Crippen LogP contribution in [-0.2, 0) is 14.4 Å². The lowest BCUT2D eigenvalue weighted by molar-refractivity contribution is -0.132. The Kier molecular flexibility index (Phi) is 5.02. The first-order valence-electron chi connectivity index (χ1n) is 8.39. The van der Waals surface area contributed by atoms with Crippen molar-refractivity contribution >= 4 is 40.5 Å². The molecule has 0 bridgehead atoms. The van der Waals surface area contributed by atoms with Gasteiger partial charge >= 0.3 is 0 Å². The van der Waals surface area contributed by atoms with E-state index in [-0.39, 0.29) is 22.7 Å². The molecule has 0 saturated carbocycles. The Labute approximate surface area is 161 Å². The molecular weight excluding hydrogens is 360 g/mol. The number of benzene rings is 2. The van der Waals surface area contributed by atoms with E-state index < -0.39 is 29.4 Å². The summed E-state index contributed by atoms with van der Waals surface area (Å²) in [6, 6.07) is 12.8. The quantitative estimate of drug-likeness (QED) is 0.352. The zero-order valence-electron chi connectivity index (χ0n) is 14.9. The second kappa shape index (κ2) is 7.42. The molecule has 1 heterocycles. The third kappa shape index (κ3) is 3.51. The van der Waals surface area contributed by atoms with Gasteiger partial charge in [0.05, 0.1) is 22.7 Å². The molecule has 0 spiro atoms. The van der Waals surface area contributed by atoms with Crippen molar-refractivity contribution in [1.29, 1.82) is 0 Å². The Bertz CT molecular complexity index is 998. The number of rotatable bonds is 0. The number of aliphatic hydroxyl groups excluding tert-OH is 1. The second-order valence-corrected chi connectivity index (χ2v) is 6.30. The monoisotopic (exact) mass is 378 g/mol. The van der Waals surface area contributed by atoms with E-state index in [2.05, 4.69) is 27.2 Å². The Morgan fingerprint density at radius 3 is 1.79 bits per heavy atom. The highest BCUT2D eigenvalue weighted by molar-refractivity contribution is 6.18. The minimum absolute atomic E-state index is 0.235. The van der Waals surface area contributed by atoms with Crippen LogP contribution in [0.15, 0.2) is 48.5 Å². The normalized spacial score (nSPS) is 22.3. The first-order chi connectivity index (χ1) is 13.3.